The second kappa shape index (κ2) is 4.05. The van der Waals surface area contributed by atoms with E-state index >= 15 is 0 Å². The van der Waals surface area contributed by atoms with Crippen molar-refractivity contribution in [2.45, 2.75) is 0 Å². The van der Waals surface area contributed by atoms with Crippen LogP contribution in [0.3, 0.4) is 0 Å². The number of rotatable bonds is 2. The van der Waals surface area contributed by atoms with Gasteiger partial charge in [0.25, 0.3) is 0 Å². The van der Waals surface area contributed by atoms with Crippen molar-refractivity contribution in [3.63, 3.8) is 0 Å². The zero-order valence-corrected chi connectivity index (χ0v) is 6.52. The summed E-state index contributed by atoms with van der Waals surface area (Å²) in [5.41, 5.74) is 2.19. The topological polar surface area (TPSA) is 94.5 Å². The van der Waals surface area contributed by atoms with Crippen LogP contribution in [0, 0.1) is 0 Å². The first-order valence-corrected chi connectivity index (χ1v) is 3.39. The Morgan fingerprint density at radius 1 is 1.62 bits per heavy atom. The zero-order valence-electron chi connectivity index (χ0n) is 6.52. The van der Waals surface area contributed by atoms with Gasteiger partial charge in [-0.2, -0.15) is 5.10 Å². The molecule has 0 radical (unpaired) electrons. The van der Waals surface area contributed by atoms with E-state index < -0.39 is 6.09 Å². The molecule has 0 spiro atoms. The number of pyridine rings is 1. The van der Waals surface area contributed by atoms with Crippen LogP contribution < -0.4 is 11.0 Å². The van der Waals surface area contributed by atoms with Gasteiger partial charge in [-0.25, -0.2) is 10.2 Å². The standard InChI is InChI=1S/C7H7N3O3/c11-6-2-1-5(3-8-6)4-9-10-7(12)13/h1-4,10H,(H,8,11)(H,12,13)/b9-4+. The number of carbonyl (C=O) groups is 1. The van der Waals surface area contributed by atoms with Crippen LogP contribution in [0.5, 0.6) is 0 Å². The molecular formula is C7H7N3O3. The second-order valence-electron chi connectivity index (χ2n) is 2.16. The summed E-state index contributed by atoms with van der Waals surface area (Å²) in [6.45, 7) is 0. The van der Waals surface area contributed by atoms with Crippen molar-refractivity contribution in [2.24, 2.45) is 5.10 Å². The number of nitrogens with one attached hydrogen (secondary N) is 2. The average Bonchev–Trinajstić information content (AvgIpc) is 2.08. The maximum atomic E-state index is 10.6. The summed E-state index contributed by atoms with van der Waals surface area (Å²) in [6.07, 6.45) is 1.47. The third kappa shape index (κ3) is 3.19. The van der Waals surface area contributed by atoms with E-state index in [9.17, 15) is 9.59 Å². The summed E-state index contributed by atoms with van der Waals surface area (Å²) in [6, 6.07) is 2.84. The lowest BCUT2D eigenvalue weighted by Gasteiger charge is -1.90. The number of carboxylic acid groups (broad SMARTS) is 1. The summed E-state index contributed by atoms with van der Waals surface area (Å²) in [5, 5.41) is 11.5. The highest BCUT2D eigenvalue weighted by Gasteiger charge is 1.89. The normalized spacial score (nSPS) is 10.2. The molecule has 0 aromatic carbocycles. The van der Waals surface area contributed by atoms with Crippen LogP contribution in [0.15, 0.2) is 28.2 Å². The molecule has 1 aromatic heterocycles. The molecule has 68 valence electrons. The van der Waals surface area contributed by atoms with Gasteiger partial charge in [0, 0.05) is 17.8 Å². The molecule has 13 heavy (non-hydrogen) atoms. The number of hydrogen-bond donors (Lipinski definition) is 3. The molecule has 0 aliphatic carbocycles. The number of amides is 1. The molecular weight excluding hydrogens is 174 g/mol. The van der Waals surface area contributed by atoms with E-state index in [0.717, 1.165) is 0 Å². The Kier molecular flexibility index (Phi) is 2.80. The van der Waals surface area contributed by atoms with Crippen LogP contribution in [0.1, 0.15) is 5.56 Å². The first-order chi connectivity index (χ1) is 6.18. The number of aromatic nitrogens is 1. The Balaban J connectivity index is 2.64. The molecule has 0 aliphatic rings. The molecule has 0 aliphatic heterocycles. The Bertz CT molecular complexity index is 362. The minimum Gasteiger partial charge on any atom is -0.464 e. The first kappa shape index (κ1) is 8.98. The Morgan fingerprint density at radius 2 is 2.38 bits per heavy atom. The van der Waals surface area contributed by atoms with Crippen LogP contribution in [0.25, 0.3) is 0 Å². The maximum absolute atomic E-state index is 10.6. The quantitative estimate of drug-likeness (QED) is 0.442. The van der Waals surface area contributed by atoms with E-state index in [4.69, 9.17) is 5.11 Å². The predicted molar refractivity (Wildman–Crippen MR) is 45.8 cm³/mol. The van der Waals surface area contributed by atoms with E-state index in [-0.39, 0.29) is 5.56 Å². The van der Waals surface area contributed by atoms with Gasteiger partial charge in [-0.15, -0.1) is 0 Å². The molecule has 0 unspecified atom stereocenters. The number of aromatic amines is 1. The van der Waals surface area contributed by atoms with Crippen LogP contribution in [-0.4, -0.2) is 22.4 Å². The van der Waals surface area contributed by atoms with Crippen molar-refractivity contribution in [1.29, 1.82) is 0 Å². The summed E-state index contributed by atoms with van der Waals surface area (Å²) in [5.74, 6) is 0. The lowest BCUT2D eigenvalue weighted by Crippen LogP contribution is -2.13. The summed E-state index contributed by atoms with van der Waals surface area (Å²) in [7, 11) is 0. The lowest BCUT2D eigenvalue weighted by molar-refractivity contribution is 0.195. The summed E-state index contributed by atoms with van der Waals surface area (Å²) >= 11 is 0. The molecule has 0 saturated carbocycles. The number of hydrazone groups is 1. The molecule has 1 rings (SSSR count). The molecule has 0 saturated heterocycles. The lowest BCUT2D eigenvalue weighted by atomic mass is 10.3. The molecule has 0 atom stereocenters. The van der Waals surface area contributed by atoms with E-state index in [1.54, 1.807) is 5.43 Å². The minimum atomic E-state index is -1.24. The molecule has 3 N–H and O–H groups in total. The molecule has 1 aromatic rings. The predicted octanol–water partition coefficient (Wildman–Crippen LogP) is -0.0236. The van der Waals surface area contributed by atoms with Crippen LogP contribution in [-0.2, 0) is 0 Å². The smallest absolute Gasteiger partial charge is 0.425 e. The van der Waals surface area contributed by atoms with Crippen LogP contribution in [0.4, 0.5) is 4.79 Å². The molecule has 1 heterocycles. The highest BCUT2D eigenvalue weighted by atomic mass is 16.4. The number of hydrogen-bond acceptors (Lipinski definition) is 3. The van der Waals surface area contributed by atoms with Crippen molar-refractivity contribution in [3.8, 4) is 0 Å². The van der Waals surface area contributed by atoms with E-state index in [0.29, 0.717) is 5.56 Å². The zero-order chi connectivity index (χ0) is 9.68. The largest absolute Gasteiger partial charge is 0.464 e. The Morgan fingerprint density at radius 3 is 2.92 bits per heavy atom. The van der Waals surface area contributed by atoms with E-state index in [1.165, 1.54) is 24.5 Å². The highest BCUT2D eigenvalue weighted by Crippen LogP contribution is 1.86. The number of nitrogens with zero attached hydrogens (tertiary/aromatic N) is 1. The molecule has 6 nitrogen and oxygen atoms in total. The third-order valence-corrected chi connectivity index (χ3v) is 1.18. The van der Waals surface area contributed by atoms with Crippen LogP contribution >= 0.6 is 0 Å². The monoisotopic (exact) mass is 181 g/mol. The SMILES string of the molecule is O=C(O)N/N=C/c1ccc(=O)[nH]c1. The van der Waals surface area contributed by atoms with Gasteiger partial charge in [0.2, 0.25) is 5.56 Å². The average molecular weight is 181 g/mol. The van der Waals surface area contributed by atoms with Gasteiger partial charge in [0.15, 0.2) is 0 Å². The third-order valence-electron chi connectivity index (χ3n) is 1.18. The molecule has 0 bridgehead atoms. The molecule has 6 heteroatoms. The van der Waals surface area contributed by atoms with Crippen molar-refractivity contribution >= 4 is 12.3 Å². The Hall–Kier alpha value is -2.11. The first-order valence-electron chi connectivity index (χ1n) is 3.39. The molecule has 1 amide bonds. The van der Waals surface area contributed by atoms with Gasteiger partial charge >= 0.3 is 6.09 Å². The van der Waals surface area contributed by atoms with Crippen molar-refractivity contribution < 1.29 is 9.90 Å². The van der Waals surface area contributed by atoms with Gasteiger partial charge in [-0.3, -0.25) is 4.79 Å². The van der Waals surface area contributed by atoms with Gasteiger partial charge < -0.3 is 10.1 Å². The van der Waals surface area contributed by atoms with Crippen molar-refractivity contribution in [2.75, 3.05) is 0 Å². The van der Waals surface area contributed by atoms with Gasteiger partial charge in [0.05, 0.1) is 6.21 Å². The highest BCUT2D eigenvalue weighted by molar-refractivity contribution is 5.79. The fraction of sp³-hybridized carbons (Fsp3) is 0. The Labute approximate surface area is 72.9 Å². The van der Waals surface area contributed by atoms with Crippen molar-refractivity contribution in [1.82, 2.24) is 10.4 Å². The second-order valence-corrected chi connectivity index (χ2v) is 2.16. The van der Waals surface area contributed by atoms with Gasteiger partial charge in [-0.1, -0.05) is 0 Å². The summed E-state index contributed by atoms with van der Waals surface area (Å²) in [4.78, 5) is 23.0. The molecule has 0 fully saturated rings. The fourth-order valence-electron chi connectivity index (χ4n) is 0.665. The fourth-order valence-corrected chi connectivity index (χ4v) is 0.665. The van der Waals surface area contributed by atoms with Crippen molar-refractivity contribution in [3.05, 3.63) is 34.2 Å². The van der Waals surface area contributed by atoms with Gasteiger partial charge in [-0.05, 0) is 6.07 Å². The summed E-state index contributed by atoms with van der Waals surface area (Å²) < 4.78 is 0. The minimum absolute atomic E-state index is 0.219. The van der Waals surface area contributed by atoms with E-state index in [1.807, 2.05) is 0 Å². The van der Waals surface area contributed by atoms with Gasteiger partial charge in [0.1, 0.15) is 0 Å². The van der Waals surface area contributed by atoms with E-state index in [2.05, 4.69) is 10.1 Å². The van der Waals surface area contributed by atoms with Crippen LogP contribution in [0.2, 0.25) is 0 Å². The maximum Gasteiger partial charge on any atom is 0.425 e. The number of H-pyrrole nitrogens is 1.